The van der Waals surface area contributed by atoms with Crippen LogP contribution in [0.2, 0.25) is 0 Å². The molecule has 6 rings (SSSR count). The first kappa shape index (κ1) is 35.1. The Hall–Kier alpha value is -2.78. The maximum atomic E-state index is 15.2. The predicted octanol–water partition coefficient (Wildman–Crippen LogP) is 1.91. The Balaban J connectivity index is 1.07. The first-order valence-corrected chi connectivity index (χ1v) is 19.5. The van der Waals surface area contributed by atoms with Gasteiger partial charge in [-0.05, 0) is 0 Å². The van der Waals surface area contributed by atoms with Crippen LogP contribution < -0.4 is 10.6 Å². The van der Waals surface area contributed by atoms with Crippen LogP contribution in [0.1, 0.15) is 12.5 Å². The topological polar surface area (TPSA) is 223 Å². The van der Waals surface area contributed by atoms with Crippen molar-refractivity contribution in [2.45, 2.75) is 49.2 Å². The number of nitrogens with one attached hydrogen (secondary N) is 2. The van der Waals surface area contributed by atoms with Crippen LogP contribution in [0.4, 0.5) is 20.4 Å². The van der Waals surface area contributed by atoms with Gasteiger partial charge >= 0.3 is 0 Å². The van der Waals surface area contributed by atoms with E-state index in [2.05, 4.69) is 65.0 Å². The molecule has 0 aliphatic carbocycles. The summed E-state index contributed by atoms with van der Waals surface area (Å²) in [6.07, 6.45) is -1.86. The third-order valence-corrected chi connectivity index (χ3v) is 9.15. The Labute approximate surface area is 281 Å². The zero-order valence-electron chi connectivity index (χ0n) is 24.5. The molecule has 18 nitrogen and oxygen atoms in total. The average molecular weight is 751 g/mol. The molecule has 4 N–H and O–H groups in total. The van der Waals surface area contributed by atoms with Crippen LogP contribution in [0.5, 0.6) is 0 Å². The van der Waals surface area contributed by atoms with Crippen LogP contribution in [0, 0.1) is 0 Å². The van der Waals surface area contributed by atoms with Gasteiger partial charge in [0.05, 0.1) is 25.9 Å². The number of aliphatic hydroxyl groups is 2. The van der Waals surface area contributed by atoms with E-state index >= 15 is 8.78 Å². The third-order valence-electron chi connectivity index (χ3n) is 7.57. The van der Waals surface area contributed by atoms with Crippen LogP contribution in [0.3, 0.4) is 0 Å². The SMILES string of the molecule is O=[PH](S)OC1C(CO)O[C@@H](n2cnc3c(NC/C=C/CNc4ncnc5c4ncn5[C@@H]4O[C@H](CO)[C@@H](O[PH](=O)S)[C@H]4F)ncnc32)[C@@H]1F. The molecule has 0 saturated carbocycles. The molecule has 2 aliphatic rings. The Morgan fingerprint density at radius 1 is 0.771 bits per heavy atom. The van der Waals surface area contributed by atoms with E-state index in [1.807, 2.05) is 12.2 Å². The van der Waals surface area contributed by atoms with Crippen molar-refractivity contribution in [1.29, 1.82) is 0 Å². The number of rotatable bonds is 14. The van der Waals surface area contributed by atoms with Gasteiger partial charge in [0.2, 0.25) is 14.5 Å². The summed E-state index contributed by atoms with van der Waals surface area (Å²) in [7, 11) is -5.58. The minimum atomic E-state index is -2.79. The highest BCUT2D eigenvalue weighted by atomic mass is 32.7. The number of imidazole rings is 2. The smallest absolute Gasteiger partial charge is 0.243 e. The molecule has 6 heterocycles. The second-order valence-corrected chi connectivity index (χ2v) is 14.1. The summed E-state index contributed by atoms with van der Waals surface area (Å²) >= 11 is 7.42. The van der Waals surface area contributed by atoms with Gasteiger partial charge in [-0.25, -0.2) is 38.7 Å². The van der Waals surface area contributed by atoms with Crippen molar-refractivity contribution >= 4 is 72.9 Å². The summed E-state index contributed by atoms with van der Waals surface area (Å²) in [5.74, 6) is 0.746. The lowest BCUT2D eigenvalue weighted by Gasteiger charge is -2.16. The highest BCUT2D eigenvalue weighted by molar-refractivity contribution is 8.39. The summed E-state index contributed by atoms with van der Waals surface area (Å²) in [5, 5.41) is 25.4. The van der Waals surface area contributed by atoms with Gasteiger partial charge in [-0.15, -0.1) is 0 Å². The number of fused-ring (bicyclic) bond motifs is 2. The van der Waals surface area contributed by atoms with Gasteiger partial charge in [0.15, 0.2) is 58.8 Å². The minimum Gasteiger partial charge on any atom is -0.394 e. The van der Waals surface area contributed by atoms with E-state index in [1.54, 1.807) is 0 Å². The quantitative estimate of drug-likeness (QED) is 0.0615. The molecule has 0 amide bonds. The van der Waals surface area contributed by atoms with E-state index in [0.717, 1.165) is 0 Å². The van der Waals surface area contributed by atoms with Crippen LogP contribution >= 0.6 is 39.0 Å². The number of hydrogen-bond acceptors (Lipinski definition) is 16. The second kappa shape index (κ2) is 15.4. The molecule has 0 spiro atoms. The normalized spacial score (nSPS) is 28.9. The van der Waals surface area contributed by atoms with E-state index in [-0.39, 0.29) is 11.3 Å². The Morgan fingerprint density at radius 2 is 1.19 bits per heavy atom. The number of hydrogen-bond donors (Lipinski definition) is 6. The number of nitrogens with zero attached hydrogens (tertiary/aromatic N) is 8. The highest BCUT2D eigenvalue weighted by Gasteiger charge is 2.49. The van der Waals surface area contributed by atoms with Gasteiger partial charge in [0, 0.05) is 13.1 Å². The molecule has 0 radical (unpaired) electrons. The van der Waals surface area contributed by atoms with Gasteiger partial charge in [-0.3, -0.25) is 18.3 Å². The molecular formula is C24H30F2N10O8P2S2. The molecule has 4 aromatic heterocycles. The van der Waals surface area contributed by atoms with E-state index in [0.29, 0.717) is 35.8 Å². The van der Waals surface area contributed by atoms with Crippen molar-refractivity contribution in [2.75, 3.05) is 36.9 Å². The van der Waals surface area contributed by atoms with Crippen molar-refractivity contribution in [1.82, 2.24) is 39.0 Å². The van der Waals surface area contributed by atoms with Crippen molar-refractivity contribution in [3.63, 3.8) is 0 Å². The molecule has 260 valence electrons. The molecule has 4 unspecified atom stereocenters. The fraction of sp³-hybridized carbons (Fsp3) is 0.500. The van der Waals surface area contributed by atoms with Crippen molar-refractivity contribution < 1.29 is 46.6 Å². The highest BCUT2D eigenvalue weighted by Crippen LogP contribution is 2.42. The molecule has 10 atom stereocenters. The van der Waals surface area contributed by atoms with Crippen LogP contribution in [-0.2, 0) is 27.7 Å². The molecule has 2 fully saturated rings. The number of halogens is 2. The van der Waals surface area contributed by atoms with Gasteiger partial charge in [-0.1, -0.05) is 36.6 Å². The first-order valence-electron chi connectivity index (χ1n) is 14.3. The van der Waals surface area contributed by atoms with Gasteiger partial charge in [0.25, 0.3) is 0 Å². The molecule has 0 bridgehead atoms. The van der Waals surface area contributed by atoms with Crippen molar-refractivity contribution in [3.05, 3.63) is 37.5 Å². The van der Waals surface area contributed by atoms with Crippen molar-refractivity contribution in [3.8, 4) is 0 Å². The van der Waals surface area contributed by atoms with Gasteiger partial charge in [0.1, 0.15) is 37.1 Å². The largest absolute Gasteiger partial charge is 0.394 e. The number of aromatic nitrogens is 8. The predicted molar refractivity (Wildman–Crippen MR) is 174 cm³/mol. The molecule has 48 heavy (non-hydrogen) atoms. The second-order valence-electron chi connectivity index (χ2n) is 10.4. The number of anilines is 2. The van der Waals surface area contributed by atoms with Crippen molar-refractivity contribution in [2.24, 2.45) is 0 Å². The van der Waals surface area contributed by atoms with Crippen LogP contribution in [0.25, 0.3) is 22.3 Å². The minimum absolute atomic E-state index is 0.267. The standard InChI is InChI=1S/C24H30F2N10O8P2S2/c25-13-17(43-45(39)47)11(5-37)41-23(13)35-9-33-15-19(29-7-31-21(15)35)27-3-1-2-4-28-20-16-22(32-8-30-20)36(10-34-16)24-14(26)18(44-46(40)48)12(6-38)42-24/h1-2,7-14,17-18,23-24,37-38,45-46H,3-6H2,(H,39,47)(H,40,48)(H,27,29,31)(H,28,30,32)/b2-1+/t11-,12?,13-,14-,17-,18?,23-,24-/m1/s1. The van der Waals surface area contributed by atoms with Crippen LogP contribution in [0.15, 0.2) is 37.5 Å². The third kappa shape index (κ3) is 7.09. The van der Waals surface area contributed by atoms with E-state index < -0.39 is 76.9 Å². The fourth-order valence-electron chi connectivity index (χ4n) is 5.46. The Kier molecular flexibility index (Phi) is 11.3. The zero-order valence-corrected chi connectivity index (χ0v) is 28.3. The lowest BCUT2D eigenvalue weighted by molar-refractivity contribution is -0.0427. The van der Waals surface area contributed by atoms with E-state index in [9.17, 15) is 19.3 Å². The monoisotopic (exact) mass is 750 g/mol. The van der Waals surface area contributed by atoms with E-state index in [1.165, 1.54) is 34.4 Å². The number of thiol groups is 2. The lowest BCUT2D eigenvalue weighted by Crippen LogP contribution is -2.31. The fourth-order valence-corrected chi connectivity index (χ4v) is 7.22. The molecule has 2 aliphatic heterocycles. The summed E-state index contributed by atoms with van der Waals surface area (Å²) < 4.78 is 77.6. The lowest BCUT2D eigenvalue weighted by atomic mass is 10.1. The Morgan fingerprint density at radius 3 is 1.56 bits per heavy atom. The molecule has 2 saturated heterocycles. The maximum absolute atomic E-state index is 15.2. The first-order chi connectivity index (χ1) is 23.2. The number of ether oxygens (including phenoxy) is 2. The molecule has 4 aromatic rings. The molecular weight excluding hydrogens is 720 g/mol. The summed E-state index contributed by atoms with van der Waals surface area (Å²) in [6.45, 7) is -0.455. The summed E-state index contributed by atoms with van der Waals surface area (Å²) in [4.78, 5) is 25.5. The van der Waals surface area contributed by atoms with E-state index in [4.69, 9.17) is 18.5 Å². The number of alkyl halides is 2. The van der Waals surface area contributed by atoms with Gasteiger partial charge in [-0.2, -0.15) is 0 Å². The summed E-state index contributed by atoms with van der Waals surface area (Å²) in [6, 6.07) is 0. The molecule has 24 heteroatoms. The Bertz CT molecular complexity index is 1700. The number of aliphatic hydroxyl groups excluding tert-OH is 2. The summed E-state index contributed by atoms with van der Waals surface area (Å²) in [5.41, 5.74) is 1.22. The molecule has 0 aromatic carbocycles. The maximum Gasteiger partial charge on any atom is 0.243 e. The zero-order chi connectivity index (χ0) is 33.9. The van der Waals surface area contributed by atoms with Crippen LogP contribution in [-0.4, -0.2) is 112 Å². The average Bonchev–Trinajstić information content (AvgIpc) is 3.83. The van der Waals surface area contributed by atoms with Gasteiger partial charge < -0.3 is 39.4 Å².